The summed E-state index contributed by atoms with van der Waals surface area (Å²) in [6.45, 7) is 8.23. The number of ether oxygens (including phenoxy) is 2. The van der Waals surface area contributed by atoms with E-state index in [1.165, 1.54) is 23.9 Å². The number of hydrogen-bond acceptors (Lipinski definition) is 11. The van der Waals surface area contributed by atoms with Crippen molar-refractivity contribution in [2.24, 2.45) is 0 Å². The molecule has 0 spiro atoms. The fourth-order valence-corrected chi connectivity index (χ4v) is 6.99. The Morgan fingerprint density at radius 1 is 1.09 bits per heavy atom. The maximum absolute atomic E-state index is 13.4. The molecule has 45 heavy (non-hydrogen) atoms. The number of carbonyl (C=O) groups excluding carboxylic acids is 4. The fourth-order valence-electron chi connectivity index (χ4n) is 5.69. The first-order chi connectivity index (χ1) is 21.3. The molecule has 4 atom stereocenters. The molecule has 0 bridgehead atoms. The Morgan fingerprint density at radius 2 is 1.82 bits per heavy atom. The molecule has 1 aromatic carbocycles. The van der Waals surface area contributed by atoms with Crippen LogP contribution in [0.1, 0.15) is 76.9 Å². The smallest absolute Gasteiger partial charge is 0.306 e. The molecule has 5 rings (SSSR count). The third-order valence-corrected chi connectivity index (χ3v) is 9.48. The van der Waals surface area contributed by atoms with Gasteiger partial charge in [0.25, 0.3) is 5.91 Å². The summed E-state index contributed by atoms with van der Waals surface area (Å²) in [5.41, 5.74) is -0.572. The number of hydrogen-bond donors (Lipinski definition) is 1. The minimum absolute atomic E-state index is 0.0364. The van der Waals surface area contributed by atoms with E-state index in [-0.39, 0.29) is 55.6 Å². The third-order valence-electron chi connectivity index (χ3n) is 7.90. The van der Waals surface area contributed by atoms with Gasteiger partial charge in [-0.1, -0.05) is 18.2 Å². The second-order valence-corrected chi connectivity index (χ2v) is 13.3. The number of anilines is 1. The molecule has 2 aromatic heterocycles. The van der Waals surface area contributed by atoms with Crippen molar-refractivity contribution in [3.05, 3.63) is 48.5 Å². The van der Waals surface area contributed by atoms with E-state index in [0.29, 0.717) is 16.7 Å². The predicted molar refractivity (Wildman–Crippen MR) is 162 cm³/mol. The van der Waals surface area contributed by atoms with Gasteiger partial charge in [-0.25, -0.2) is 19.2 Å². The molecular weight excluding hydrogens is 604 g/mol. The Bertz CT molecular complexity index is 1640. The number of amides is 1. The highest BCUT2D eigenvalue weighted by molar-refractivity contribution is 7.77. The van der Waals surface area contributed by atoms with E-state index >= 15 is 0 Å². The van der Waals surface area contributed by atoms with Crippen LogP contribution < -0.4 is 5.32 Å². The number of Topliss-reactive ketones (excluding diaryl/α,β-unsaturated/α-hetero) is 2. The first-order valence-corrected chi connectivity index (χ1v) is 15.6. The zero-order chi connectivity index (χ0) is 32.5. The Hall–Kier alpha value is -3.92. The van der Waals surface area contributed by atoms with Gasteiger partial charge in [-0.05, 0) is 46.8 Å². The number of nitrogens with zero attached hydrogens (tertiary/aromatic N) is 5. The van der Waals surface area contributed by atoms with Crippen molar-refractivity contribution in [3.63, 3.8) is 0 Å². The number of imidazole rings is 1. The highest BCUT2D eigenvalue weighted by Gasteiger charge is 2.54. The highest BCUT2D eigenvalue weighted by Crippen LogP contribution is 2.40. The van der Waals surface area contributed by atoms with E-state index in [4.69, 9.17) is 13.7 Å². The lowest BCUT2D eigenvalue weighted by atomic mass is 9.99. The van der Waals surface area contributed by atoms with E-state index in [1.54, 1.807) is 42.7 Å². The predicted octanol–water partition coefficient (Wildman–Crippen LogP) is 3.07. The van der Waals surface area contributed by atoms with Crippen LogP contribution in [0.15, 0.2) is 43.0 Å². The monoisotopic (exact) mass is 640 g/mol. The van der Waals surface area contributed by atoms with E-state index in [2.05, 4.69) is 20.3 Å². The number of carbonyl (C=O) groups is 4. The topological polar surface area (TPSA) is 172 Å². The van der Waals surface area contributed by atoms with Gasteiger partial charge < -0.3 is 19.6 Å². The molecule has 2 aliphatic rings. The second kappa shape index (κ2) is 12.8. The standard InChI is InChI=1S/C30H36N6O8S/c1-18(37)11-12-24(39)44-20-13-23(43-21(20)15-42-45(41)36-29(2,3)14-22(38)30(36,4)5)35-17-33-25-26(31-16-32-27(25)35)34-28(40)19-9-7-6-8-10-19/h6-10,16-17,20-21,23H,11-15H2,1-5H3,(H,31,32,34,40)/t20-,21+,23+,45?/m0/s1. The molecule has 240 valence electrons. The van der Waals surface area contributed by atoms with Crippen LogP contribution in [-0.2, 0) is 39.3 Å². The van der Waals surface area contributed by atoms with Gasteiger partial charge in [-0.15, -0.1) is 0 Å². The first kappa shape index (κ1) is 32.5. The van der Waals surface area contributed by atoms with Crippen molar-refractivity contribution in [2.75, 3.05) is 11.9 Å². The summed E-state index contributed by atoms with van der Waals surface area (Å²) in [5, 5.41) is 2.76. The summed E-state index contributed by atoms with van der Waals surface area (Å²) in [4.78, 5) is 62.4. The van der Waals surface area contributed by atoms with Gasteiger partial charge in [-0.2, -0.15) is 4.31 Å². The number of benzene rings is 1. The zero-order valence-corrected chi connectivity index (χ0v) is 26.5. The van der Waals surface area contributed by atoms with Crippen LogP contribution in [0, 0.1) is 0 Å². The summed E-state index contributed by atoms with van der Waals surface area (Å²) in [6, 6.07) is 8.66. The van der Waals surface area contributed by atoms with E-state index in [0.717, 1.165) is 0 Å². The Balaban J connectivity index is 1.35. The van der Waals surface area contributed by atoms with Crippen LogP contribution >= 0.6 is 0 Å². The Labute approximate surface area is 262 Å². The van der Waals surface area contributed by atoms with E-state index < -0.39 is 46.7 Å². The average molecular weight is 641 g/mol. The molecule has 1 N–H and O–H groups in total. The quantitative estimate of drug-likeness (QED) is 0.305. The van der Waals surface area contributed by atoms with Crippen molar-refractivity contribution >= 4 is 51.7 Å². The lowest BCUT2D eigenvalue weighted by molar-refractivity contribution is -0.153. The van der Waals surface area contributed by atoms with Crippen LogP contribution in [0.3, 0.4) is 0 Å². The van der Waals surface area contributed by atoms with Crippen LogP contribution in [0.2, 0.25) is 0 Å². The van der Waals surface area contributed by atoms with Crippen molar-refractivity contribution in [1.82, 2.24) is 23.8 Å². The summed E-state index contributed by atoms with van der Waals surface area (Å²) in [5.74, 6) is -0.934. The fraction of sp³-hybridized carbons (Fsp3) is 0.500. The van der Waals surface area contributed by atoms with Crippen LogP contribution in [0.5, 0.6) is 0 Å². The van der Waals surface area contributed by atoms with Gasteiger partial charge in [0.1, 0.15) is 30.5 Å². The zero-order valence-electron chi connectivity index (χ0n) is 25.7. The second-order valence-electron chi connectivity index (χ2n) is 12.2. The SMILES string of the molecule is CC(=O)CCC(=O)O[C@H]1C[C@H](n2cnc3c(NC(=O)c4ccccc4)ncnc32)O[C@@H]1COS(=O)N1C(C)(C)CC(=O)C1(C)C. The number of aromatic nitrogens is 4. The molecule has 0 radical (unpaired) electrons. The van der Waals surface area contributed by atoms with Gasteiger partial charge in [0.15, 0.2) is 22.8 Å². The molecule has 0 saturated carbocycles. The molecule has 3 aromatic rings. The molecular formula is C30H36N6O8S. The van der Waals surface area contributed by atoms with E-state index in [1.807, 2.05) is 19.9 Å². The summed E-state index contributed by atoms with van der Waals surface area (Å²) in [7, 11) is 0. The molecule has 1 amide bonds. The van der Waals surface area contributed by atoms with Crippen molar-refractivity contribution in [3.8, 4) is 0 Å². The summed E-state index contributed by atoms with van der Waals surface area (Å²) in [6.07, 6.45) is 0.721. The Morgan fingerprint density at radius 3 is 2.49 bits per heavy atom. The van der Waals surface area contributed by atoms with Gasteiger partial charge in [0, 0.05) is 30.4 Å². The van der Waals surface area contributed by atoms with E-state index in [9.17, 15) is 23.4 Å². The number of esters is 1. The Kier molecular flexibility index (Phi) is 9.26. The normalized spacial score (nSPS) is 23.2. The number of ketones is 2. The molecule has 15 heteroatoms. The summed E-state index contributed by atoms with van der Waals surface area (Å²) < 4.78 is 34.3. The van der Waals surface area contributed by atoms with Crippen LogP contribution in [0.4, 0.5) is 5.82 Å². The van der Waals surface area contributed by atoms with Crippen molar-refractivity contribution in [2.45, 2.75) is 89.8 Å². The molecule has 4 heterocycles. The van der Waals surface area contributed by atoms with Crippen molar-refractivity contribution < 1.29 is 37.0 Å². The maximum atomic E-state index is 13.4. The van der Waals surface area contributed by atoms with Crippen LogP contribution in [0.25, 0.3) is 11.2 Å². The lowest BCUT2D eigenvalue weighted by Crippen LogP contribution is -2.51. The van der Waals surface area contributed by atoms with Crippen molar-refractivity contribution in [1.29, 1.82) is 0 Å². The van der Waals surface area contributed by atoms with Crippen LogP contribution in [-0.4, -0.2) is 81.4 Å². The molecule has 2 saturated heterocycles. The lowest BCUT2D eigenvalue weighted by Gasteiger charge is -2.36. The largest absolute Gasteiger partial charge is 0.459 e. The number of nitrogens with one attached hydrogen (secondary N) is 1. The minimum Gasteiger partial charge on any atom is -0.459 e. The van der Waals surface area contributed by atoms with Gasteiger partial charge >= 0.3 is 5.97 Å². The molecule has 1 unspecified atom stereocenters. The third kappa shape index (κ3) is 6.85. The van der Waals surface area contributed by atoms with Gasteiger partial charge in [-0.3, -0.25) is 23.1 Å². The molecule has 2 aliphatic heterocycles. The number of fused-ring (bicyclic) bond motifs is 1. The highest BCUT2D eigenvalue weighted by atomic mass is 32.2. The minimum atomic E-state index is -2.02. The number of rotatable bonds is 11. The average Bonchev–Trinajstić information content (AvgIpc) is 3.63. The first-order valence-electron chi connectivity index (χ1n) is 14.5. The molecule has 2 fully saturated rings. The maximum Gasteiger partial charge on any atom is 0.306 e. The van der Waals surface area contributed by atoms with Gasteiger partial charge in [0.05, 0.1) is 24.9 Å². The molecule has 0 aliphatic carbocycles. The molecule has 14 nitrogen and oxygen atoms in total. The van der Waals surface area contributed by atoms with Gasteiger partial charge in [0.2, 0.25) is 11.3 Å². The summed E-state index contributed by atoms with van der Waals surface area (Å²) >= 11 is -2.02.